The Bertz CT molecular complexity index is 1920. The highest BCUT2D eigenvalue weighted by atomic mass is 32.2. The number of pyridine rings is 3. The minimum absolute atomic E-state index is 0.00168. The second kappa shape index (κ2) is 10.2. The lowest BCUT2D eigenvalue weighted by Gasteiger charge is -2.28. The zero-order valence-electron chi connectivity index (χ0n) is 27.8. The number of anilines is 1. The van der Waals surface area contributed by atoms with Gasteiger partial charge < -0.3 is 15.0 Å². The van der Waals surface area contributed by atoms with Crippen LogP contribution in [-0.4, -0.2) is 61.6 Å². The molecule has 9 nitrogen and oxygen atoms in total. The Kier molecular flexibility index (Phi) is 4.64. The van der Waals surface area contributed by atoms with Crippen molar-refractivity contribution >= 4 is 32.5 Å². The van der Waals surface area contributed by atoms with Gasteiger partial charge in [-0.3, -0.25) is 9.78 Å². The fourth-order valence-electron chi connectivity index (χ4n) is 3.71. The molecule has 1 fully saturated rings. The van der Waals surface area contributed by atoms with Crippen molar-refractivity contribution < 1.29 is 28.9 Å². The number of hydrogen-bond acceptors (Lipinski definition) is 8. The van der Waals surface area contributed by atoms with Gasteiger partial charge in [-0.05, 0) is 55.0 Å². The van der Waals surface area contributed by atoms with Crippen LogP contribution in [0.4, 0.5) is 5.82 Å². The summed E-state index contributed by atoms with van der Waals surface area (Å²) in [5.41, 5.74) is 2.05. The van der Waals surface area contributed by atoms with Crippen LogP contribution in [0.25, 0.3) is 22.3 Å². The van der Waals surface area contributed by atoms with E-state index in [0.29, 0.717) is 32.8 Å². The third-order valence-corrected chi connectivity index (χ3v) is 6.79. The van der Waals surface area contributed by atoms with E-state index < -0.39 is 41.9 Å². The quantitative estimate of drug-likeness (QED) is 0.408. The number of carbonyl (C=O) groups is 1. The number of rotatable bonds is 6. The molecule has 1 aromatic carbocycles. The monoisotopic (exact) mass is 525 g/mol. The van der Waals surface area contributed by atoms with Crippen LogP contribution in [0, 0.1) is 6.92 Å². The Hall–Kier alpha value is -3.89. The van der Waals surface area contributed by atoms with Crippen molar-refractivity contribution in [1.82, 2.24) is 20.3 Å². The highest BCUT2D eigenvalue weighted by Crippen LogP contribution is 2.23. The molecule has 0 radical (unpaired) electrons. The van der Waals surface area contributed by atoms with E-state index in [1.54, 1.807) is 37.4 Å². The lowest BCUT2D eigenvalue weighted by molar-refractivity contribution is 0.0950. The van der Waals surface area contributed by atoms with Gasteiger partial charge in [-0.25, -0.2) is 18.4 Å². The number of carbonyl (C=O) groups excluding carboxylic acids is 1. The number of sulfone groups is 1. The summed E-state index contributed by atoms with van der Waals surface area (Å²) in [7, 11) is -3.52. The molecule has 190 valence electrons. The maximum Gasteiger partial charge on any atom is 0.251 e. The van der Waals surface area contributed by atoms with Gasteiger partial charge in [-0.15, -0.1) is 0 Å². The number of aryl methyl sites for hydroxylation is 1. The molecule has 1 N–H and O–H groups in total. The van der Waals surface area contributed by atoms with E-state index in [0.717, 1.165) is 6.26 Å². The van der Waals surface area contributed by atoms with Gasteiger partial charge >= 0.3 is 0 Å². The second-order valence-corrected chi connectivity index (χ2v) is 10.2. The first kappa shape index (κ1) is 16.8. The summed E-state index contributed by atoms with van der Waals surface area (Å²) in [6.07, 6.45) is 2.62. The summed E-state index contributed by atoms with van der Waals surface area (Å²) < 4.78 is 93.7. The molecule has 0 spiro atoms. The van der Waals surface area contributed by atoms with Gasteiger partial charge in [0.25, 0.3) is 5.91 Å². The Morgan fingerprint density at radius 1 is 1.08 bits per heavy atom. The van der Waals surface area contributed by atoms with Crippen LogP contribution in [-0.2, 0) is 21.1 Å². The zero-order valence-corrected chi connectivity index (χ0v) is 20.6. The molecular formula is C27H27N5O4S. The van der Waals surface area contributed by atoms with Crippen LogP contribution in [0.15, 0.2) is 65.7 Å². The van der Waals surface area contributed by atoms with Gasteiger partial charge in [0.1, 0.15) is 5.82 Å². The zero-order chi connectivity index (χ0) is 33.2. The number of ether oxygens (including phenoxy) is 1. The van der Waals surface area contributed by atoms with Gasteiger partial charge in [0.2, 0.25) is 0 Å². The van der Waals surface area contributed by atoms with Crippen molar-refractivity contribution in [2.24, 2.45) is 0 Å². The van der Waals surface area contributed by atoms with Crippen LogP contribution in [0.3, 0.4) is 0 Å². The largest absolute Gasteiger partial charge is 0.378 e. The maximum atomic E-state index is 12.8. The van der Waals surface area contributed by atoms with Gasteiger partial charge in [-0.1, -0.05) is 12.1 Å². The summed E-state index contributed by atoms with van der Waals surface area (Å²) in [5.74, 6) is -0.880. The number of amides is 1. The van der Waals surface area contributed by atoms with Gasteiger partial charge in [0, 0.05) is 36.4 Å². The van der Waals surface area contributed by atoms with Crippen molar-refractivity contribution in [3.05, 3.63) is 77.6 Å². The molecule has 1 saturated heterocycles. The molecule has 0 unspecified atom stereocenters. The third kappa shape index (κ3) is 5.60. The maximum absolute atomic E-state index is 12.8. The molecule has 3 aromatic heterocycles. The first-order chi connectivity index (χ1) is 20.7. The summed E-state index contributed by atoms with van der Waals surface area (Å²) in [5, 5.41) is 3.35. The summed E-state index contributed by atoms with van der Waals surface area (Å²) >= 11 is 0. The Labute approximate surface area is 226 Å². The van der Waals surface area contributed by atoms with E-state index in [-0.39, 0.29) is 28.5 Å². The van der Waals surface area contributed by atoms with Crippen LogP contribution in [0.2, 0.25) is 0 Å². The number of hydrogen-bond donors (Lipinski definition) is 1. The van der Waals surface area contributed by atoms with Gasteiger partial charge in [-0.2, -0.15) is 0 Å². The average Bonchev–Trinajstić information content (AvgIpc) is 2.93. The highest BCUT2D eigenvalue weighted by Gasteiger charge is 2.16. The summed E-state index contributed by atoms with van der Waals surface area (Å²) in [4.78, 5) is 26.4. The predicted octanol–water partition coefficient (Wildman–Crippen LogP) is 3.17. The molecule has 4 aromatic rings. The van der Waals surface area contributed by atoms with Crippen molar-refractivity contribution in [3.63, 3.8) is 0 Å². The standard InChI is InChI=1S/C27H27N5O4S/c1-18-6-7-19(14-25(18)37(2,34)35)27(33)29-17-21-15-24-20(16-28-21)8-9-23(30-24)22-4-3-5-26(31-22)32-10-12-36-13-11-32/h3-9,14-16H,10-13,17H2,1-2H3,(H,29,33)/i10D2,11D2,12D2,13D2. The number of morpholine rings is 1. The fraction of sp³-hybridized carbons (Fsp3) is 0.259. The van der Waals surface area contributed by atoms with Gasteiger partial charge in [0.15, 0.2) is 9.84 Å². The smallest absolute Gasteiger partial charge is 0.251 e. The van der Waals surface area contributed by atoms with Crippen LogP contribution >= 0.6 is 0 Å². The molecule has 1 amide bonds. The first-order valence-electron chi connectivity index (χ1n) is 15.1. The number of benzene rings is 1. The first-order valence-corrected chi connectivity index (χ1v) is 13.0. The molecule has 1 aliphatic rings. The lowest BCUT2D eigenvalue weighted by atomic mass is 10.1. The van der Waals surface area contributed by atoms with Crippen molar-refractivity contribution in [1.29, 1.82) is 0 Å². The minimum atomic E-state index is -3.52. The molecule has 5 rings (SSSR count). The average molecular weight is 526 g/mol. The van der Waals surface area contributed by atoms with Crippen LogP contribution < -0.4 is 10.2 Å². The molecule has 0 bridgehead atoms. The number of fused-ring (bicyclic) bond motifs is 1. The topological polar surface area (TPSA) is 114 Å². The van der Waals surface area contributed by atoms with Crippen molar-refractivity contribution in [2.75, 3.05) is 37.3 Å². The SMILES string of the molecule is [2H]C1([2H])OC([2H])([2H])C([2H])([2H])N(c2cccc(-c3ccc4cnc(CNC(=O)c5ccc(C)c(S(C)(=O)=O)c5)cc4n3)n2)C1([2H])[2H]. The molecule has 0 aliphatic carbocycles. The number of aromatic nitrogens is 3. The Morgan fingerprint density at radius 3 is 2.65 bits per heavy atom. The van der Waals surface area contributed by atoms with E-state index in [9.17, 15) is 13.2 Å². The van der Waals surface area contributed by atoms with Crippen LogP contribution in [0.1, 0.15) is 32.6 Å². The molecular weight excluding hydrogens is 490 g/mol. The fourth-order valence-corrected chi connectivity index (χ4v) is 4.70. The molecule has 10 heteroatoms. The number of nitrogens with one attached hydrogen (secondary N) is 1. The molecule has 0 atom stereocenters. The van der Waals surface area contributed by atoms with Crippen molar-refractivity contribution in [3.8, 4) is 11.4 Å². The predicted molar refractivity (Wildman–Crippen MR) is 141 cm³/mol. The van der Waals surface area contributed by atoms with E-state index in [4.69, 9.17) is 11.0 Å². The molecule has 1 aliphatic heterocycles. The minimum Gasteiger partial charge on any atom is -0.378 e. The highest BCUT2D eigenvalue weighted by molar-refractivity contribution is 7.90. The van der Waals surface area contributed by atoms with E-state index in [2.05, 4.69) is 25.0 Å². The molecule has 0 saturated carbocycles. The lowest BCUT2D eigenvalue weighted by Crippen LogP contribution is -2.36. The Morgan fingerprint density at radius 2 is 1.86 bits per heavy atom. The summed E-state index contributed by atoms with van der Waals surface area (Å²) in [6.45, 7) is -11.1. The summed E-state index contributed by atoms with van der Waals surface area (Å²) in [6, 6.07) is 13.5. The third-order valence-electron chi connectivity index (χ3n) is 5.55. The van der Waals surface area contributed by atoms with E-state index in [1.165, 1.54) is 30.3 Å². The molecule has 37 heavy (non-hydrogen) atoms. The van der Waals surface area contributed by atoms with E-state index in [1.807, 2.05) is 0 Å². The van der Waals surface area contributed by atoms with Gasteiger partial charge in [0.05, 0.1) is 58.1 Å². The van der Waals surface area contributed by atoms with Crippen molar-refractivity contribution in [2.45, 2.75) is 18.4 Å². The Balaban J connectivity index is 1.43. The van der Waals surface area contributed by atoms with Crippen LogP contribution in [0.5, 0.6) is 0 Å². The molecule has 4 heterocycles. The second-order valence-electron chi connectivity index (χ2n) is 8.25. The normalized spacial score (nSPS) is 22.7. The van der Waals surface area contributed by atoms with E-state index >= 15 is 0 Å². The number of nitrogens with zero attached hydrogens (tertiary/aromatic N) is 4.